The quantitative estimate of drug-likeness (QED) is 0.723. The number of halogens is 3. The van der Waals surface area contributed by atoms with Crippen LogP contribution in [-0.4, -0.2) is 20.1 Å². The van der Waals surface area contributed by atoms with E-state index in [1.54, 1.807) is 0 Å². The van der Waals surface area contributed by atoms with Gasteiger partial charge in [-0.25, -0.2) is 0 Å². The molecule has 1 aromatic heterocycles. The maximum Gasteiger partial charge on any atom is 0.416 e. The first-order valence-electron chi connectivity index (χ1n) is 7.91. The largest absolute Gasteiger partial charge is 0.496 e. The summed E-state index contributed by atoms with van der Waals surface area (Å²) in [5.74, 6) is -0.529. The highest BCUT2D eigenvalue weighted by Crippen LogP contribution is 2.31. The first-order valence-corrected chi connectivity index (χ1v) is 7.91. The van der Waals surface area contributed by atoms with E-state index in [1.165, 1.54) is 26.4 Å². The number of fused-ring (bicyclic) bond motifs is 1. The number of carbonyl (C=O) groups excluding carboxylic acids is 1. The lowest BCUT2D eigenvalue weighted by Crippen LogP contribution is -2.15. The van der Waals surface area contributed by atoms with Crippen molar-refractivity contribution >= 4 is 22.6 Å². The zero-order valence-electron chi connectivity index (χ0n) is 14.7. The van der Waals surface area contributed by atoms with Crippen molar-refractivity contribution in [3.05, 3.63) is 64.0 Å². The zero-order chi connectivity index (χ0) is 20.5. The molecule has 3 rings (SSSR count). The predicted octanol–water partition coefficient (Wildman–Crippen LogP) is 4.08. The fourth-order valence-corrected chi connectivity index (χ4v) is 2.55. The minimum absolute atomic E-state index is 0.0706. The van der Waals surface area contributed by atoms with Crippen molar-refractivity contribution in [2.24, 2.45) is 0 Å². The van der Waals surface area contributed by atoms with Crippen molar-refractivity contribution in [1.82, 2.24) is 0 Å². The van der Waals surface area contributed by atoms with Crippen LogP contribution in [0.5, 0.6) is 11.5 Å². The Kier molecular flexibility index (Phi) is 5.00. The van der Waals surface area contributed by atoms with Gasteiger partial charge in [-0.15, -0.1) is 0 Å². The molecule has 0 atom stereocenters. The Morgan fingerprint density at radius 3 is 2.29 bits per heavy atom. The molecule has 0 saturated carbocycles. The van der Waals surface area contributed by atoms with Crippen LogP contribution in [0.1, 0.15) is 16.1 Å². The molecule has 146 valence electrons. The molecule has 6 nitrogen and oxygen atoms in total. The predicted molar refractivity (Wildman–Crippen MR) is 95.0 cm³/mol. The number of carbonyl (C=O) groups is 1. The lowest BCUT2D eigenvalue weighted by molar-refractivity contribution is -0.137. The molecule has 0 radical (unpaired) electrons. The highest BCUT2D eigenvalue weighted by Gasteiger charge is 2.30. The number of amides is 1. The van der Waals surface area contributed by atoms with Gasteiger partial charge in [0.1, 0.15) is 22.5 Å². The van der Waals surface area contributed by atoms with Crippen LogP contribution in [0.15, 0.2) is 51.7 Å². The van der Waals surface area contributed by atoms with Crippen molar-refractivity contribution in [3.8, 4) is 11.5 Å². The van der Waals surface area contributed by atoms with E-state index in [1.807, 2.05) is 0 Å². The molecule has 0 unspecified atom stereocenters. The van der Waals surface area contributed by atoms with Gasteiger partial charge in [0.2, 0.25) is 0 Å². The maximum absolute atomic E-state index is 12.6. The van der Waals surface area contributed by atoms with Crippen molar-refractivity contribution in [2.75, 3.05) is 19.5 Å². The van der Waals surface area contributed by atoms with Gasteiger partial charge in [0.25, 0.3) is 5.91 Å². The molecule has 1 N–H and O–H groups in total. The van der Waals surface area contributed by atoms with Crippen LogP contribution in [0.2, 0.25) is 0 Å². The van der Waals surface area contributed by atoms with E-state index in [0.29, 0.717) is 5.75 Å². The molecule has 28 heavy (non-hydrogen) atoms. The van der Waals surface area contributed by atoms with Gasteiger partial charge in [-0.2, -0.15) is 13.2 Å². The number of alkyl halides is 3. The summed E-state index contributed by atoms with van der Waals surface area (Å²) < 4.78 is 53.6. The van der Waals surface area contributed by atoms with Crippen molar-refractivity contribution in [3.63, 3.8) is 0 Å². The van der Waals surface area contributed by atoms with Crippen LogP contribution >= 0.6 is 0 Å². The standard InChI is InChI=1S/C19H14F3NO5/c1-26-12-7-14(27-2)17-13(24)9-16(28-15(17)8-12)18(25)23-11-5-3-10(4-6-11)19(20,21)22/h3-9H,1-2H3,(H,23,25). The van der Waals surface area contributed by atoms with E-state index in [-0.39, 0.29) is 28.2 Å². The Labute approximate surface area is 156 Å². The molecule has 0 spiro atoms. The molecule has 0 bridgehead atoms. The SMILES string of the molecule is COc1cc(OC)c2c(=O)cc(C(=O)Nc3ccc(C(F)(F)F)cc3)oc2c1. The van der Waals surface area contributed by atoms with Crippen LogP contribution in [0.4, 0.5) is 18.9 Å². The van der Waals surface area contributed by atoms with E-state index in [2.05, 4.69) is 5.32 Å². The molecule has 0 saturated heterocycles. The van der Waals surface area contributed by atoms with Crippen molar-refractivity contribution in [2.45, 2.75) is 6.18 Å². The number of methoxy groups -OCH3 is 2. The fourth-order valence-electron chi connectivity index (χ4n) is 2.55. The number of anilines is 1. The monoisotopic (exact) mass is 393 g/mol. The van der Waals surface area contributed by atoms with Crippen LogP contribution in [0.25, 0.3) is 11.0 Å². The number of benzene rings is 2. The van der Waals surface area contributed by atoms with Crippen LogP contribution in [0, 0.1) is 0 Å². The number of hydrogen-bond donors (Lipinski definition) is 1. The van der Waals surface area contributed by atoms with E-state index < -0.39 is 23.1 Å². The number of rotatable bonds is 4. The van der Waals surface area contributed by atoms with E-state index in [9.17, 15) is 22.8 Å². The summed E-state index contributed by atoms with van der Waals surface area (Å²) >= 11 is 0. The topological polar surface area (TPSA) is 77.8 Å². The second-order valence-corrected chi connectivity index (χ2v) is 5.71. The van der Waals surface area contributed by atoms with Gasteiger partial charge in [0.15, 0.2) is 11.2 Å². The zero-order valence-corrected chi connectivity index (χ0v) is 14.7. The molecule has 0 aliphatic carbocycles. The Bertz CT molecular complexity index is 1090. The van der Waals surface area contributed by atoms with Crippen LogP contribution in [0.3, 0.4) is 0 Å². The Morgan fingerprint density at radius 2 is 1.71 bits per heavy atom. The van der Waals surface area contributed by atoms with E-state index >= 15 is 0 Å². The lowest BCUT2D eigenvalue weighted by Gasteiger charge is -2.10. The van der Waals surface area contributed by atoms with Gasteiger partial charge in [-0.1, -0.05) is 0 Å². The molecule has 1 amide bonds. The minimum atomic E-state index is -4.48. The lowest BCUT2D eigenvalue weighted by atomic mass is 10.1. The molecule has 3 aromatic rings. The molecule has 0 aliphatic heterocycles. The van der Waals surface area contributed by atoms with Crippen LogP contribution < -0.4 is 20.2 Å². The van der Waals surface area contributed by atoms with Gasteiger partial charge in [-0.05, 0) is 24.3 Å². The van der Waals surface area contributed by atoms with Gasteiger partial charge in [0, 0.05) is 23.9 Å². The molecule has 0 aliphatic rings. The van der Waals surface area contributed by atoms with Gasteiger partial charge < -0.3 is 19.2 Å². The van der Waals surface area contributed by atoms with Crippen molar-refractivity contribution < 1.29 is 31.9 Å². The summed E-state index contributed by atoms with van der Waals surface area (Å²) in [6.07, 6.45) is -4.48. The highest BCUT2D eigenvalue weighted by molar-refractivity contribution is 6.03. The number of nitrogens with one attached hydrogen (secondary N) is 1. The minimum Gasteiger partial charge on any atom is -0.496 e. The maximum atomic E-state index is 12.6. The van der Waals surface area contributed by atoms with Gasteiger partial charge in [-0.3, -0.25) is 9.59 Å². The summed E-state index contributed by atoms with van der Waals surface area (Å²) in [6, 6.07) is 7.79. The third-order valence-electron chi connectivity index (χ3n) is 3.92. The first kappa shape index (κ1) is 19.3. The molecule has 2 aromatic carbocycles. The Hall–Kier alpha value is -3.49. The number of ether oxygens (including phenoxy) is 2. The molecular formula is C19H14F3NO5. The van der Waals surface area contributed by atoms with Crippen LogP contribution in [-0.2, 0) is 6.18 Å². The normalized spacial score (nSPS) is 11.3. The average Bonchev–Trinajstić information content (AvgIpc) is 2.66. The number of hydrogen-bond acceptors (Lipinski definition) is 5. The van der Waals surface area contributed by atoms with Gasteiger partial charge >= 0.3 is 6.18 Å². The summed E-state index contributed by atoms with van der Waals surface area (Å²) in [7, 11) is 2.79. The highest BCUT2D eigenvalue weighted by atomic mass is 19.4. The second-order valence-electron chi connectivity index (χ2n) is 5.71. The second kappa shape index (κ2) is 7.26. The fraction of sp³-hybridized carbons (Fsp3) is 0.158. The van der Waals surface area contributed by atoms with Crippen molar-refractivity contribution in [1.29, 1.82) is 0 Å². The Balaban J connectivity index is 1.95. The Morgan fingerprint density at radius 1 is 1.04 bits per heavy atom. The molecular weight excluding hydrogens is 379 g/mol. The summed E-state index contributed by atoms with van der Waals surface area (Å²) in [5, 5.41) is 2.52. The summed E-state index contributed by atoms with van der Waals surface area (Å²) in [6.45, 7) is 0. The third kappa shape index (κ3) is 3.78. The molecule has 0 fully saturated rings. The smallest absolute Gasteiger partial charge is 0.416 e. The molecule has 9 heteroatoms. The summed E-state index contributed by atoms with van der Waals surface area (Å²) in [5.41, 5.74) is -1.18. The first-order chi connectivity index (χ1) is 13.2. The average molecular weight is 393 g/mol. The third-order valence-corrected chi connectivity index (χ3v) is 3.92. The summed E-state index contributed by atoms with van der Waals surface area (Å²) in [4.78, 5) is 24.8. The molecule has 1 heterocycles. The van der Waals surface area contributed by atoms with E-state index in [4.69, 9.17) is 13.9 Å². The van der Waals surface area contributed by atoms with E-state index in [0.717, 1.165) is 30.3 Å². The van der Waals surface area contributed by atoms with Gasteiger partial charge in [0.05, 0.1) is 19.8 Å².